The summed E-state index contributed by atoms with van der Waals surface area (Å²) in [4.78, 5) is 12.3. The van der Waals surface area contributed by atoms with Crippen molar-refractivity contribution in [2.24, 2.45) is 10.8 Å². The minimum atomic E-state index is -0.832. The van der Waals surface area contributed by atoms with Crippen molar-refractivity contribution < 1.29 is 4.79 Å². The number of nitrogens with one attached hydrogen (secondary N) is 1. The van der Waals surface area contributed by atoms with Gasteiger partial charge >= 0.3 is 0 Å². The van der Waals surface area contributed by atoms with Gasteiger partial charge in [-0.25, -0.2) is 0 Å². The molecule has 1 atom stereocenters. The molecule has 0 saturated heterocycles. The molecule has 0 aromatic carbocycles. The van der Waals surface area contributed by atoms with Crippen LogP contribution in [0.15, 0.2) is 0 Å². The van der Waals surface area contributed by atoms with Crippen LogP contribution in [0.1, 0.15) is 66.2 Å². The topological polar surface area (TPSA) is 52.9 Å². The van der Waals surface area contributed by atoms with Crippen LogP contribution in [0.3, 0.4) is 0 Å². The molecular formula is C15H26N2O. The van der Waals surface area contributed by atoms with Gasteiger partial charge in [0.2, 0.25) is 5.91 Å². The Labute approximate surface area is 111 Å². The Balaban J connectivity index is 2.67. The first kappa shape index (κ1) is 15.0. The molecule has 0 aromatic heterocycles. The van der Waals surface area contributed by atoms with Crippen LogP contribution in [0.25, 0.3) is 0 Å². The molecule has 1 unspecified atom stereocenters. The summed E-state index contributed by atoms with van der Waals surface area (Å²) >= 11 is 0. The largest absolute Gasteiger partial charge is 0.352 e. The summed E-state index contributed by atoms with van der Waals surface area (Å²) in [7, 11) is 0. The molecule has 0 bridgehead atoms. The van der Waals surface area contributed by atoms with E-state index in [9.17, 15) is 10.1 Å². The molecule has 18 heavy (non-hydrogen) atoms. The molecular weight excluding hydrogens is 224 g/mol. The lowest BCUT2D eigenvalue weighted by atomic mass is 9.74. The van der Waals surface area contributed by atoms with Crippen molar-refractivity contribution in [1.82, 2.24) is 5.32 Å². The van der Waals surface area contributed by atoms with Crippen LogP contribution in [-0.4, -0.2) is 11.9 Å². The number of amides is 1. The molecule has 1 N–H and O–H groups in total. The lowest BCUT2D eigenvalue weighted by molar-refractivity contribution is -0.129. The van der Waals surface area contributed by atoms with Gasteiger partial charge in [-0.1, -0.05) is 34.1 Å². The van der Waals surface area contributed by atoms with Gasteiger partial charge in [0.25, 0.3) is 0 Å². The second-order valence-electron chi connectivity index (χ2n) is 6.33. The summed E-state index contributed by atoms with van der Waals surface area (Å²) in [6.45, 7) is 8.33. The molecule has 1 amide bonds. The molecule has 0 radical (unpaired) electrons. The van der Waals surface area contributed by atoms with Crippen molar-refractivity contribution in [2.45, 2.75) is 72.3 Å². The number of nitrogens with zero attached hydrogens (tertiary/aromatic N) is 1. The molecule has 0 heterocycles. The number of rotatable bonds is 4. The van der Waals surface area contributed by atoms with Crippen LogP contribution < -0.4 is 5.32 Å². The van der Waals surface area contributed by atoms with Gasteiger partial charge < -0.3 is 5.32 Å². The quantitative estimate of drug-likeness (QED) is 0.831. The second-order valence-corrected chi connectivity index (χ2v) is 6.33. The summed E-state index contributed by atoms with van der Waals surface area (Å²) in [5.74, 6) is -0.0716. The Morgan fingerprint density at radius 2 is 2.06 bits per heavy atom. The Morgan fingerprint density at radius 1 is 1.44 bits per heavy atom. The number of hydrogen-bond donors (Lipinski definition) is 1. The maximum Gasteiger partial charge on any atom is 0.240 e. The summed E-state index contributed by atoms with van der Waals surface area (Å²) < 4.78 is 0. The van der Waals surface area contributed by atoms with Crippen molar-refractivity contribution in [3.63, 3.8) is 0 Å². The van der Waals surface area contributed by atoms with Crippen LogP contribution in [0.2, 0.25) is 0 Å². The van der Waals surface area contributed by atoms with E-state index in [4.69, 9.17) is 0 Å². The van der Waals surface area contributed by atoms with E-state index in [2.05, 4.69) is 25.2 Å². The summed E-state index contributed by atoms with van der Waals surface area (Å²) in [6.07, 6.45) is 5.63. The Bertz CT molecular complexity index is 337. The van der Waals surface area contributed by atoms with E-state index in [0.29, 0.717) is 18.3 Å². The third-order valence-electron chi connectivity index (χ3n) is 4.40. The van der Waals surface area contributed by atoms with Crippen LogP contribution in [0.4, 0.5) is 0 Å². The zero-order valence-electron chi connectivity index (χ0n) is 12.2. The molecule has 1 saturated carbocycles. The van der Waals surface area contributed by atoms with E-state index in [-0.39, 0.29) is 11.9 Å². The summed E-state index contributed by atoms with van der Waals surface area (Å²) in [5.41, 5.74) is -0.522. The van der Waals surface area contributed by atoms with E-state index in [1.165, 1.54) is 6.42 Å². The highest BCUT2D eigenvalue weighted by molar-refractivity contribution is 5.85. The molecule has 3 nitrogen and oxygen atoms in total. The smallest absolute Gasteiger partial charge is 0.240 e. The predicted molar refractivity (Wildman–Crippen MR) is 72.8 cm³/mol. The van der Waals surface area contributed by atoms with Crippen LogP contribution >= 0.6 is 0 Å². The fourth-order valence-corrected chi connectivity index (χ4v) is 2.92. The monoisotopic (exact) mass is 250 g/mol. The van der Waals surface area contributed by atoms with Crippen molar-refractivity contribution in [3.05, 3.63) is 0 Å². The van der Waals surface area contributed by atoms with Crippen LogP contribution in [0.5, 0.6) is 0 Å². The number of hydrogen-bond acceptors (Lipinski definition) is 2. The zero-order valence-corrected chi connectivity index (χ0v) is 12.2. The highest BCUT2D eigenvalue weighted by Gasteiger charge is 2.37. The molecule has 0 aliphatic heterocycles. The minimum absolute atomic E-state index is 0.0716. The van der Waals surface area contributed by atoms with Crippen molar-refractivity contribution in [2.75, 3.05) is 0 Å². The maximum atomic E-state index is 12.3. The standard InChI is InChI=1S/C15H26N2O/c1-5-15(6-2,11-16)13(18)17-12-8-7-9-14(3,4)10-12/h12H,5-10H2,1-4H3,(H,17,18). The molecule has 1 fully saturated rings. The van der Waals surface area contributed by atoms with Gasteiger partial charge in [-0.3, -0.25) is 4.79 Å². The zero-order chi connectivity index (χ0) is 13.8. The van der Waals surface area contributed by atoms with E-state index < -0.39 is 5.41 Å². The predicted octanol–water partition coefficient (Wildman–Crippen LogP) is 3.40. The number of carbonyl (C=O) groups is 1. The first-order valence-electron chi connectivity index (χ1n) is 7.11. The van der Waals surface area contributed by atoms with Gasteiger partial charge in [-0.15, -0.1) is 0 Å². The van der Waals surface area contributed by atoms with Crippen LogP contribution in [0, 0.1) is 22.2 Å². The maximum absolute atomic E-state index is 12.3. The Morgan fingerprint density at radius 3 is 2.50 bits per heavy atom. The summed E-state index contributed by atoms with van der Waals surface area (Å²) in [6, 6.07) is 2.46. The Kier molecular flexibility index (Phi) is 4.78. The number of nitriles is 1. The normalized spacial score (nSPS) is 23.2. The fourth-order valence-electron chi connectivity index (χ4n) is 2.92. The number of carbonyl (C=O) groups excluding carboxylic acids is 1. The molecule has 3 heteroatoms. The highest BCUT2D eigenvalue weighted by atomic mass is 16.2. The van der Waals surface area contributed by atoms with Crippen molar-refractivity contribution in [1.29, 1.82) is 5.26 Å². The van der Waals surface area contributed by atoms with Gasteiger partial charge in [0.15, 0.2) is 0 Å². The van der Waals surface area contributed by atoms with E-state index >= 15 is 0 Å². The first-order chi connectivity index (χ1) is 8.39. The lowest BCUT2D eigenvalue weighted by Crippen LogP contribution is -2.47. The first-order valence-corrected chi connectivity index (χ1v) is 7.11. The highest BCUT2D eigenvalue weighted by Crippen LogP contribution is 2.36. The van der Waals surface area contributed by atoms with E-state index in [1.54, 1.807) is 0 Å². The van der Waals surface area contributed by atoms with Crippen molar-refractivity contribution in [3.8, 4) is 6.07 Å². The third-order valence-corrected chi connectivity index (χ3v) is 4.40. The van der Waals surface area contributed by atoms with Gasteiger partial charge in [-0.05, 0) is 37.5 Å². The Hall–Kier alpha value is -1.04. The minimum Gasteiger partial charge on any atom is -0.352 e. The summed E-state index contributed by atoms with van der Waals surface area (Å²) in [5, 5.41) is 12.4. The lowest BCUT2D eigenvalue weighted by Gasteiger charge is -2.37. The van der Waals surface area contributed by atoms with Gasteiger partial charge in [0.05, 0.1) is 6.07 Å². The molecule has 1 aliphatic rings. The van der Waals surface area contributed by atoms with Gasteiger partial charge in [-0.2, -0.15) is 5.26 Å². The molecule has 1 aliphatic carbocycles. The fraction of sp³-hybridized carbons (Fsp3) is 0.867. The van der Waals surface area contributed by atoms with Gasteiger partial charge in [0.1, 0.15) is 5.41 Å². The molecule has 102 valence electrons. The van der Waals surface area contributed by atoms with E-state index in [1.807, 2.05) is 13.8 Å². The average Bonchev–Trinajstić information content (AvgIpc) is 2.30. The SMILES string of the molecule is CCC(C#N)(CC)C(=O)NC1CCCC(C)(C)C1. The molecule has 1 rings (SSSR count). The van der Waals surface area contributed by atoms with Gasteiger partial charge in [0, 0.05) is 6.04 Å². The average molecular weight is 250 g/mol. The second kappa shape index (κ2) is 5.73. The van der Waals surface area contributed by atoms with E-state index in [0.717, 1.165) is 19.3 Å². The molecule has 0 aromatic rings. The molecule has 0 spiro atoms. The van der Waals surface area contributed by atoms with Crippen LogP contribution in [-0.2, 0) is 4.79 Å². The van der Waals surface area contributed by atoms with Crippen molar-refractivity contribution >= 4 is 5.91 Å². The third kappa shape index (κ3) is 3.25.